The van der Waals surface area contributed by atoms with Crippen molar-refractivity contribution in [2.24, 2.45) is 5.92 Å². The summed E-state index contributed by atoms with van der Waals surface area (Å²) in [6.45, 7) is 1.05. The van der Waals surface area contributed by atoms with Gasteiger partial charge in [-0.2, -0.15) is 0 Å². The standard InChI is InChI=1S/C19H27NO4/c1-20-5-4-19-10-18(24-3)16(22)8-13(19)14(20)6-11-7-15(21)17(23-2)9-12(11)19/h7,9,13-14,16,18,21-22H,4-6,8,10H2,1-3H3/t13-,14+,16+,18+,19-/m0/s1. The molecule has 4 rings (SSSR count). The number of rotatable bonds is 2. The Bertz CT molecular complexity index is 648. The maximum atomic E-state index is 10.5. The van der Waals surface area contributed by atoms with E-state index in [1.165, 1.54) is 11.1 Å². The molecule has 2 bridgehead atoms. The van der Waals surface area contributed by atoms with Crippen LogP contribution in [0.5, 0.6) is 11.5 Å². The molecule has 24 heavy (non-hydrogen) atoms. The van der Waals surface area contributed by atoms with Crippen molar-refractivity contribution in [3.63, 3.8) is 0 Å². The van der Waals surface area contributed by atoms with E-state index in [9.17, 15) is 10.2 Å². The second-order valence-electron chi connectivity index (χ2n) is 7.73. The van der Waals surface area contributed by atoms with Crippen molar-refractivity contribution in [3.8, 4) is 11.5 Å². The molecular weight excluding hydrogens is 306 g/mol. The fourth-order valence-corrected chi connectivity index (χ4v) is 5.56. The van der Waals surface area contributed by atoms with Gasteiger partial charge in [-0.05, 0) is 68.5 Å². The number of fused-ring (bicyclic) bond motifs is 1. The van der Waals surface area contributed by atoms with Gasteiger partial charge in [-0.3, -0.25) is 0 Å². The molecule has 2 aliphatic carbocycles. The molecule has 5 atom stereocenters. The highest BCUT2D eigenvalue weighted by Crippen LogP contribution is 2.57. The minimum atomic E-state index is -0.400. The van der Waals surface area contributed by atoms with E-state index in [0.717, 1.165) is 32.2 Å². The summed E-state index contributed by atoms with van der Waals surface area (Å²) in [7, 11) is 5.47. The third kappa shape index (κ3) is 2.11. The summed E-state index contributed by atoms with van der Waals surface area (Å²) in [6.07, 6.45) is 3.05. The maximum Gasteiger partial charge on any atom is 0.160 e. The summed E-state index contributed by atoms with van der Waals surface area (Å²) in [5.41, 5.74) is 2.51. The zero-order chi connectivity index (χ0) is 17.1. The number of piperidine rings is 1. The lowest BCUT2D eigenvalue weighted by atomic mass is 9.51. The molecule has 5 nitrogen and oxygen atoms in total. The van der Waals surface area contributed by atoms with Crippen molar-refractivity contribution >= 4 is 0 Å². The molecule has 132 valence electrons. The van der Waals surface area contributed by atoms with E-state index in [1.54, 1.807) is 14.2 Å². The molecule has 1 saturated heterocycles. The van der Waals surface area contributed by atoms with Crippen LogP contribution < -0.4 is 4.74 Å². The Labute approximate surface area is 143 Å². The van der Waals surface area contributed by atoms with E-state index >= 15 is 0 Å². The smallest absolute Gasteiger partial charge is 0.160 e. The normalized spacial score (nSPS) is 38.3. The summed E-state index contributed by atoms with van der Waals surface area (Å²) in [5, 5.41) is 20.8. The van der Waals surface area contributed by atoms with Gasteiger partial charge in [-0.15, -0.1) is 0 Å². The Morgan fingerprint density at radius 1 is 1.29 bits per heavy atom. The zero-order valence-corrected chi connectivity index (χ0v) is 14.7. The van der Waals surface area contributed by atoms with Crippen LogP contribution in [0.2, 0.25) is 0 Å². The van der Waals surface area contributed by atoms with Gasteiger partial charge in [-0.25, -0.2) is 0 Å². The number of aliphatic hydroxyl groups is 1. The van der Waals surface area contributed by atoms with E-state index in [4.69, 9.17) is 9.47 Å². The summed E-state index contributed by atoms with van der Waals surface area (Å²) < 4.78 is 11.0. The van der Waals surface area contributed by atoms with Crippen molar-refractivity contribution in [3.05, 3.63) is 23.3 Å². The molecule has 0 radical (unpaired) electrons. The molecule has 0 unspecified atom stereocenters. The minimum Gasteiger partial charge on any atom is -0.504 e. The van der Waals surface area contributed by atoms with Crippen molar-refractivity contribution in [2.75, 3.05) is 27.8 Å². The van der Waals surface area contributed by atoms with E-state index in [-0.39, 0.29) is 17.3 Å². The Morgan fingerprint density at radius 2 is 2.08 bits per heavy atom. The number of aliphatic hydroxyl groups excluding tert-OH is 1. The highest BCUT2D eigenvalue weighted by atomic mass is 16.5. The van der Waals surface area contributed by atoms with Crippen molar-refractivity contribution in [1.82, 2.24) is 4.90 Å². The van der Waals surface area contributed by atoms with Crippen LogP contribution in [0.4, 0.5) is 0 Å². The lowest BCUT2D eigenvalue weighted by Crippen LogP contribution is -2.63. The summed E-state index contributed by atoms with van der Waals surface area (Å²) in [5.74, 6) is 1.17. The number of likely N-dealkylation sites (N-methyl/N-ethyl adjacent to an activating group) is 1. The number of benzene rings is 1. The first kappa shape index (κ1) is 16.2. The largest absolute Gasteiger partial charge is 0.504 e. The lowest BCUT2D eigenvalue weighted by molar-refractivity contribution is -0.114. The van der Waals surface area contributed by atoms with Crippen LogP contribution in [0.25, 0.3) is 0 Å². The van der Waals surface area contributed by atoms with Crippen LogP contribution in [0.1, 0.15) is 30.4 Å². The molecule has 2 fully saturated rings. The van der Waals surface area contributed by atoms with Crippen molar-refractivity contribution in [1.29, 1.82) is 0 Å². The first-order valence-electron chi connectivity index (χ1n) is 8.81. The van der Waals surface area contributed by atoms with Crippen LogP contribution in [-0.4, -0.2) is 61.2 Å². The molecule has 1 aliphatic heterocycles. The zero-order valence-electron chi connectivity index (χ0n) is 14.7. The van der Waals surface area contributed by atoms with Gasteiger partial charge in [0.1, 0.15) is 0 Å². The highest BCUT2D eigenvalue weighted by molar-refractivity contribution is 5.52. The Hall–Kier alpha value is -1.30. The van der Waals surface area contributed by atoms with E-state index < -0.39 is 6.10 Å². The third-order valence-electron chi connectivity index (χ3n) is 6.81. The second-order valence-corrected chi connectivity index (χ2v) is 7.73. The molecule has 0 amide bonds. The van der Waals surface area contributed by atoms with Crippen molar-refractivity contribution in [2.45, 2.75) is 49.3 Å². The number of methoxy groups -OCH3 is 2. The predicted octanol–water partition coefficient (Wildman–Crippen LogP) is 1.68. The fourth-order valence-electron chi connectivity index (χ4n) is 5.56. The quantitative estimate of drug-likeness (QED) is 0.862. The van der Waals surface area contributed by atoms with Crippen LogP contribution in [0.15, 0.2) is 12.1 Å². The topological polar surface area (TPSA) is 62.2 Å². The molecule has 1 aromatic carbocycles. The Balaban J connectivity index is 1.88. The second kappa shape index (κ2) is 5.61. The van der Waals surface area contributed by atoms with Gasteiger partial charge in [0.25, 0.3) is 0 Å². The molecule has 5 heteroatoms. The number of phenolic OH excluding ortho intramolecular Hbond substituents is 1. The number of nitrogens with zero attached hydrogens (tertiary/aromatic N) is 1. The Morgan fingerprint density at radius 3 is 2.79 bits per heavy atom. The van der Waals surface area contributed by atoms with Crippen LogP contribution in [0.3, 0.4) is 0 Å². The molecule has 0 spiro atoms. The first-order chi connectivity index (χ1) is 11.5. The minimum absolute atomic E-state index is 0.00560. The van der Waals surface area contributed by atoms with Crippen LogP contribution in [-0.2, 0) is 16.6 Å². The molecule has 3 aliphatic rings. The number of hydrogen-bond acceptors (Lipinski definition) is 5. The van der Waals surface area contributed by atoms with Gasteiger partial charge in [0.15, 0.2) is 11.5 Å². The average Bonchev–Trinajstić information content (AvgIpc) is 2.57. The van der Waals surface area contributed by atoms with Crippen molar-refractivity contribution < 1.29 is 19.7 Å². The number of phenols is 1. The number of likely N-dealkylation sites (tertiary alicyclic amines) is 1. The molecular formula is C19H27NO4. The van der Waals surface area contributed by atoms with Crippen LogP contribution >= 0.6 is 0 Å². The number of hydrogen-bond donors (Lipinski definition) is 2. The molecule has 1 saturated carbocycles. The molecule has 0 aromatic heterocycles. The molecule has 1 heterocycles. The van der Waals surface area contributed by atoms with Gasteiger partial charge < -0.3 is 24.6 Å². The third-order valence-corrected chi connectivity index (χ3v) is 6.81. The fraction of sp³-hybridized carbons (Fsp3) is 0.684. The molecule has 1 aromatic rings. The predicted molar refractivity (Wildman–Crippen MR) is 90.6 cm³/mol. The summed E-state index contributed by atoms with van der Waals surface area (Å²) >= 11 is 0. The van der Waals surface area contributed by atoms with Gasteiger partial charge in [0, 0.05) is 18.6 Å². The monoisotopic (exact) mass is 333 g/mol. The average molecular weight is 333 g/mol. The maximum absolute atomic E-state index is 10.5. The number of aromatic hydroxyl groups is 1. The SMILES string of the molecule is COc1cc2c(cc1O)C[C@@H]1[C@@H]3C[C@@H](O)[C@H](OC)C[C@@]23CCN1C. The Kier molecular flexibility index (Phi) is 3.79. The first-order valence-corrected chi connectivity index (χ1v) is 8.81. The van der Waals surface area contributed by atoms with Gasteiger partial charge in [0.05, 0.1) is 19.3 Å². The van der Waals surface area contributed by atoms with E-state index in [1.807, 2.05) is 12.1 Å². The summed E-state index contributed by atoms with van der Waals surface area (Å²) in [4.78, 5) is 2.42. The van der Waals surface area contributed by atoms with Crippen LogP contribution in [0, 0.1) is 5.92 Å². The lowest BCUT2D eigenvalue weighted by Gasteiger charge is -2.60. The van der Waals surface area contributed by atoms with Gasteiger partial charge >= 0.3 is 0 Å². The summed E-state index contributed by atoms with van der Waals surface area (Å²) in [6, 6.07) is 4.32. The highest BCUT2D eigenvalue weighted by Gasteiger charge is 2.57. The van der Waals surface area contributed by atoms with E-state index in [2.05, 4.69) is 11.9 Å². The number of ether oxygens (including phenoxy) is 2. The van der Waals surface area contributed by atoms with Gasteiger partial charge in [0.2, 0.25) is 0 Å². The van der Waals surface area contributed by atoms with Gasteiger partial charge in [-0.1, -0.05) is 0 Å². The molecule has 2 N–H and O–H groups in total. The van der Waals surface area contributed by atoms with E-state index in [0.29, 0.717) is 17.7 Å².